The van der Waals surface area contributed by atoms with Gasteiger partial charge in [-0.2, -0.15) is 0 Å². The second kappa shape index (κ2) is 8.45. The summed E-state index contributed by atoms with van der Waals surface area (Å²) in [4.78, 5) is 3.25. The molecule has 3 rings (SSSR count). The van der Waals surface area contributed by atoms with Gasteiger partial charge in [-0.1, -0.05) is 0 Å². The van der Waals surface area contributed by atoms with Crippen molar-refractivity contribution in [3.63, 3.8) is 0 Å². The van der Waals surface area contributed by atoms with E-state index in [1.54, 1.807) is 0 Å². The van der Waals surface area contributed by atoms with Crippen molar-refractivity contribution in [3.05, 3.63) is 92.6 Å². The van der Waals surface area contributed by atoms with Crippen LogP contribution in [0.1, 0.15) is 40.2 Å². The Morgan fingerprint density at radius 2 is 1.94 bits per heavy atom. The van der Waals surface area contributed by atoms with Gasteiger partial charge in [0.15, 0.2) is 0 Å². The molecular formula is C26H23N3OSe. The van der Waals surface area contributed by atoms with Gasteiger partial charge in [-0.15, -0.1) is 0 Å². The minimum absolute atomic E-state index is 0.0713. The third-order valence-electron chi connectivity index (χ3n) is 4.82. The van der Waals surface area contributed by atoms with Crippen LogP contribution in [0.4, 0.5) is 0 Å². The van der Waals surface area contributed by atoms with Crippen molar-refractivity contribution in [1.82, 2.24) is 0 Å². The third-order valence-corrected chi connectivity index (χ3v) is 7.05. The number of nitrogens with zero attached hydrogens (tertiary/aromatic N) is 3. The van der Waals surface area contributed by atoms with E-state index in [9.17, 15) is 10.5 Å². The molecule has 0 radical (unpaired) electrons. The summed E-state index contributed by atoms with van der Waals surface area (Å²) in [5.74, 6) is 0.0713. The number of allylic oxidation sites excluding steroid dienone is 7. The van der Waals surface area contributed by atoms with Crippen molar-refractivity contribution in [2.45, 2.75) is 40.2 Å². The van der Waals surface area contributed by atoms with Gasteiger partial charge in [-0.3, -0.25) is 0 Å². The molecule has 0 aromatic heterocycles. The Balaban J connectivity index is 2.23. The molecule has 31 heavy (non-hydrogen) atoms. The van der Waals surface area contributed by atoms with Crippen LogP contribution in [0, 0.1) is 34.6 Å². The number of fused-ring (bicyclic) bond motifs is 1. The minimum atomic E-state index is -0.826. The second-order valence-electron chi connectivity index (χ2n) is 8.86. The molecule has 154 valence electrons. The van der Waals surface area contributed by atoms with Crippen LogP contribution in [0.25, 0.3) is 10.4 Å². The van der Waals surface area contributed by atoms with Crippen LogP contribution in [0.2, 0.25) is 0 Å². The van der Waals surface area contributed by atoms with E-state index in [1.807, 2.05) is 38.1 Å². The molecule has 0 amide bonds. The van der Waals surface area contributed by atoms with Crippen LogP contribution in [-0.4, -0.2) is 20.6 Å². The first kappa shape index (κ1) is 22.4. The molecule has 2 aliphatic heterocycles. The van der Waals surface area contributed by atoms with Gasteiger partial charge < -0.3 is 0 Å². The monoisotopic (exact) mass is 473 g/mol. The Morgan fingerprint density at radius 1 is 1.23 bits per heavy atom. The Labute approximate surface area is 190 Å². The molecule has 0 N–H and O–H groups in total. The molecule has 1 aromatic carbocycles. The van der Waals surface area contributed by atoms with Crippen LogP contribution >= 0.6 is 0 Å². The van der Waals surface area contributed by atoms with Crippen molar-refractivity contribution < 1.29 is 4.74 Å². The predicted molar refractivity (Wildman–Crippen MR) is 124 cm³/mol. The molecule has 0 fully saturated rings. The second-order valence-corrected chi connectivity index (χ2v) is 11.2. The summed E-state index contributed by atoms with van der Waals surface area (Å²) in [6.07, 6.45) is 8.55. The number of hydrogen-bond acceptors (Lipinski definition) is 3. The molecule has 0 saturated heterocycles. The van der Waals surface area contributed by atoms with Gasteiger partial charge in [0, 0.05) is 0 Å². The van der Waals surface area contributed by atoms with Crippen LogP contribution in [-0.2, 0) is 4.74 Å². The van der Waals surface area contributed by atoms with E-state index in [2.05, 4.69) is 62.0 Å². The van der Waals surface area contributed by atoms with Gasteiger partial charge in [0.1, 0.15) is 0 Å². The molecule has 0 bridgehead atoms. The van der Waals surface area contributed by atoms with Crippen LogP contribution < -0.4 is 4.46 Å². The molecule has 0 atom stereocenters. The van der Waals surface area contributed by atoms with E-state index in [0.717, 1.165) is 11.1 Å². The quantitative estimate of drug-likeness (QED) is 0.339. The number of ether oxygens (including phenoxy) is 1. The summed E-state index contributed by atoms with van der Waals surface area (Å²) in [6.45, 7) is 17.5. The molecular weight excluding hydrogens is 449 g/mol. The van der Waals surface area contributed by atoms with Gasteiger partial charge in [-0.05, 0) is 0 Å². The maximum atomic E-state index is 9.84. The van der Waals surface area contributed by atoms with Crippen LogP contribution in [0.15, 0.2) is 75.6 Å². The zero-order valence-electron chi connectivity index (χ0n) is 18.3. The van der Waals surface area contributed by atoms with E-state index in [1.165, 1.54) is 8.93 Å². The predicted octanol–water partition coefficient (Wildman–Crippen LogP) is 5.18. The normalized spacial score (nSPS) is 20.5. The fraction of sp³-hybridized carbons (Fsp3) is 0.269. The average Bonchev–Trinajstić information content (AvgIpc) is 2.96. The van der Waals surface area contributed by atoms with E-state index < -0.39 is 5.60 Å². The summed E-state index contributed by atoms with van der Waals surface area (Å²) in [5, 5.41) is 19.1. The Kier molecular flexibility index (Phi) is 6.10. The maximum absolute atomic E-state index is 9.84. The number of rotatable bonds is 2. The van der Waals surface area contributed by atoms with Crippen molar-refractivity contribution in [3.8, 4) is 12.1 Å². The van der Waals surface area contributed by atoms with Crippen molar-refractivity contribution in [2.75, 3.05) is 0 Å². The first-order chi connectivity index (χ1) is 14.6. The standard InChI is InChI=1S/C26H23N3OSe/c1-25(2,3)12-11-18-13-17(19-9-7-8-10-23(19)31-18)14-21-20(15-27)24(22(16-28)29-6)30-26(21,4)5/h7-14H,1-5H3/b12-11+,17-14+,24-22-. The molecule has 0 saturated carbocycles. The zero-order chi connectivity index (χ0) is 22.8. The number of hydrogen-bond donors (Lipinski definition) is 0. The van der Waals surface area contributed by atoms with Crippen LogP contribution in [0.3, 0.4) is 0 Å². The van der Waals surface area contributed by atoms with Crippen molar-refractivity contribution in [2.24, 2.45) is 5.41 Å². The summed E-state index contributed by atoms with van der Waals surface area (Å²) < 4.78 is 8.46. The molecule has 2 aliphatic rings. The molecule has 0 aliphatic carbocycles. The first-order valence-electron chi connectivity index (χ1n) is 9.85. The summed E-state index contributed by atoms with van der Waals surface area (Å²) >= 11 is 0.187. The van der Waals surface area contributed by atoms with E-state index in [4.69, 9.17) is 11.3 Å². The van der Waals surface area contributed by atoms with Crippen molar-refractivity contribution in [1.29, 1.82) is 10.5 Å². The molecule has 1 aromatic rings. The fourth-order valence-electron chi connectivity index (χ4n) is 3.31. The van der Waals surface area contributed by atoms with Gasteiger partial charge in [0.2, 0.25) is 0 Å². The van der Waals surface area contributed by atoms with E-state index in [0.29, 0.717) is 5.57 Å². The SMILES string of the molecule is [C-]#[N+]/C(C#N)=C1\OC(C)(C)C(/C=C2C=C(/C=C/C(C)(C)C)[Se]c3ccccc3\2)=C1C#N. The van der Waals surface area contributed by atoms with E-state index in [-0.39, 0.29) is 37.4 Å². The zero-order valence-corrected chi connectivity index (χ0v) is 20.0. The molecule has 0 spiro atoms. The molecule has 5 heteroatoms. The van der Waals surface area contributed by atoms with Gasteiger partial charge >= 0.3 is 191 Å². The Morgan fingerprint density at radius 3 is 2.55 bits per heavy atom. The Bertz CT molecular complexity index is 1200. The number of benzene rings is 1. The third kappa shape index (κ3) is 4.73. The summed E-state index contributed by atoms with van der Waals surface area (Å²) in [6, 6.07) is 12.3. The molecule has 2 heterocycles. The van der Waals surface area contributed by atoms with Crippen LogP contribution in [0.5, 0.6) is 0 Å². The first-order valence-corrected chi connectivity index (χ1v) is 11.6. The summed E-state index contributed by atoms with van der Waals surface area (Å²) in [5.41, 5.74) is 2.12. The van der Waals surface area contributed by atoms with E-state index >= 15 is 0 Å². The van der Waals surface area contributed by atoms with Gasteiger partial charge in [-0.25, -0.2) is 0 Å². The fourth-order valence-corrected chi connectivity index (χ4v) is 5.44. The van der Waals surface area contributed by atoms with Crippen molar-refractivity contribution >= 4 is 25.0 Å². The average molecular weight is 472 g/mol. The number of nitriles is 2. The van der Waals surface area contributed by atoms with Gasteiger partial charge in [0.05, 0.1) is 0 Å². The Hall–Kier alpha value is -3.29. The topological polar surface area (TPSA) is 61.2 Å². The van der Waals surface area contributed by atoms with Gasteiger partial charge in [0.25, 0.3) is 0 Å². The molecule has 0 unspecified atom stereocenters. The molecule has 4 nitrogen and oxygen atoms in total. The summed E-state index contributed by atoms with van der Waals surface area (Å²) in [7, 11) is 0.